The zero-order chi connectivity index (χ0) is 25.5. The van der Waals surface area contributed by atoms with Crippen molar-refractivity contribution in [1.29, 1.82) is 0 Å². The Balaban J connectivity index is 1.22. The van der Waals surface area contributed by atoms with Crippen LogP contribution in [0.15, 0.2) is 85.1 Å². The van der Waals surface area contributed by atoms with Crippen molar-refractivity contribution < 1.29 is 14.7 Å². The standard InChI is InChI=1S/C31H31N3O3/c35-31(33-36)29-15-14-27(29)25-12-10-23(11-13-25)21-34(18-19-37-22-24-6-2-1-3-7-24)17-16-26-20-32-30-9-5-4-8-28(26)30/h1-13,20,27,29,32,36H,16-19,21-22H2,(H,33,35). The number of ether oxygens (including phenoxy) is 1. The minimum atomic E-state index is -0.495. The largest absolute Gasteiger partial charge is 0.375 e. The van der Waals surface area contributed by atoms with E-state index in [9.17, 15) is 4.79 Å². The molecule has 1 amide bonds. The van der Waals surface area contributed by atoms with Crippen molar-refractivity contribution >= 4 is 16.8 Å². The first-order valence-corrected chi connectivity index (χ1v) is 12.6. The Kier molecular flexibility index (Phi) is 7.97. The Labute approximate surface area is 217 Å². The van der Waals surface area contributed by atoms with Crippen LogP contribution >= 0.6 is 0 Å². The summed E-state index contributed by atoms with van der Waals surface area (Å²) in [5.74, 6) is 4.74. The number of nitrogens with zero attached hydrogens (tertiary/aromatic N) is 1. The Hall–Kier alpha value is -3.89. The Morgan fingerprint density at radius 1 is 0.946 bits per heavy atom. The van der Waals surface area contributed by atoms with Crippen LogP contribution in [0.4, 0.5) is 0 Å². The normalized spacial score (nSPS) is 16.3. The van der Waals surface area contributed by atoms with Crippen molar-refractivity contribution in [2.24, 2.45) is 5.92 Å². The molecule has 0 spiro atoms. The van der Waals surface area contributed by atoms with Crippen LogP contribution in [0.3, 0.4) is 0 Å². The van der Waals surface area contributed by atoms with Crippen molar-refractivity contribution in [1.82, 2.24) is 15.4 Å². The fourth-order valence-electron chi connectivity index (χ4n) is 4.75. The molecule has 3 aromatic carbocycles. The third kappa shape index (κ3) is 6.10. The number of aromatic nitrogens is 1. The molecule has 1 aliphatic rings. The second-order valence-corrected chi connectivity index (χ2v) is 9.39. The molecule has 1 aromatic heterocycles. The van der Waals surface area contributed by atoms with Crippen molar-refractivity contribution in [2.45, 2.75) is 25.5 Å². The lowest BCUT2D eigenvalue weighted by Gasteiger charge is -2.24. The molecule has 0 radical (unpaired) electrons. The van der Waals surface area contributed by atoms with E-state index in [1.54, 1.807) is 5.48 Å². The third-order valence-corrected chi connectivity index (χ3v) is 6.90. The number of H-pyrrole nitrogens is 1. The first kappa shape index (κ1) is 24.8. The quantitative estimate of drug-likeness (QED) is 0.116. The van der Waals surface area contributed by atoms with Gasteiger partial charge in [-0.1, -0.05) is 84.6 Å². The highest BCUT2D eigenvalue weighted by Gasteiger charge is 2.32. The maximum atomic E-state index is 11.8. The molecule has 3 N–H and O–H groups in total. The highest BCUT2D eigenvalue weighted by Crippen LogP contribution is 2.30. The van der Waals surface area contributed by atoms with Gasteiger partial charge in [-0.15, -0.1) is 0 Å². The van der Waals surface area contributed by atoms with Crippen molar-refractivity contribution in [3.05, 3.63) is 107 Å². The summed E-state index contributed by atoms with van der Waals surface area (Å²) in [6.45, 7) is 3.79. The number of fused-ring (bicyclic) bond motifs is 1. The SMILES string of the molecule is O=C(NO)C1C#CC1c1ccc(CN(CCOCc2ccccc2)CCc2c[nH]c3ccccc23)cc1. The number of hydroxylamine groups is 1. The molecule has 1 aliphatic carbocycles. The number of amides is 1. The predicted molar refractivity (Wildman–Crippen MR) is 144 cm³/mol. The second kappa shape index (κ2) is 11.9. The predicted octanol–water partition coefficient (Wildman–Crippen LogP) is 4.65. The molecule has 1 heterocycles. The maximum Gasteiger partial charge on any atom is 0.260 e. The van der Waals surface area contributed by atoms with Crippen LogP contribution in [0.2, 0.25) is 0 Å². The Bertz CT molecular complexity index is 1390. The third-order valence-electron chi connectivity index (χ3n) is 6.90. The van der Waals surface area contributed by atoms with E-state index in [2.05, 4.69) is 76.5 Å². The Morgan fingerprint density at radius 3 is 2.49 bits per heavy atom. The minimum Gasteiger partial charge on any atom is -0.375 e. The van der Waals surface area contributed by atoms with E-state index >= 15 is 0 Å². The van der Waals surface area contributed by atoms with Gasteiger partial charge in [0.2, 0.25) is 0 Å². The second-order valence-electron chi connectivity index (χ2n) is 9.39. The van der Waals surface area contributed by atoms with Gasteiger partial charge in [0.25, 0.3) is 5.91 Å². The molecule has 37 heavy (non-hydrogen) atoms. The molecule has 0 aliphatic heterocycles. The van der Waals surface area contributed by atoms with Gasteiger partial charge in [-0.05, 0) is 34.7 Å². The van der Waals surface area contributed by atoms with Crippen LogP contribution in [0.25, 0.3) is 10.9 Å². The number of hydrogen-bond acceptors (Lipinski definition) is 4. The Morgan fingerprint density at radius 2 is 1.73 bits per heavy atom. The van der Waals surface area contributed by atoms with E-state index in [0.717, 1.165) is 37.1 Å². The van der Waals surface area contributed by atoms with Gasteiger partial charge >= 0.3 is 0 Å². The summed E-state index contributed by atoms with van der Waals surface area (Å²) in [7, 11) is 0. The summed E-state index contributed by atoms with van der Waals surface area (Å²) in [5.41, 5.74) is 7.56. The van der Waals surface area contributed by atoms with Gasteiger partial charge in [0.05, 0.1) is 19.1 Å². The molecule has 0 saturated carbocycles. The molecule has 2 unspecified atom stereocenters. The van der Waals surface area contributed by atoms with Crippen LogP contribution in [0, 0.1) is 17.8 Å². The van der Waals surface area contributed by atoms with Crippen LogP contribution in [0.5, 0.6) is 0 Å². The lowest BCUT2D eigenvalue weighted by Crippen LogP contribution is -2.34. The van der Waals surface area contributed by atoms with Crippen molar-refractivity contribution in [2.75, 3.05) is 19.7 Å². The van der Waals surface area contributed by atoms with Gasteiger partial charge in [0.15, 0.2) is 0 Å². The fraction of sp³-hybridized carbons (Fsp3) is 0.258. The molecule has 188 valence electrons. The zero-order valence-electron chi connectivity index (χ0n) is 20.7. The van der Waals surface area contributed by atoms with Gasteiger partial charge in [-0.2, -0.15) is 0 Å². The van der Waals surface area contributed by atoms with E-state index in [1.165, 1.54) is 22.1 Å². The summed E-state index contributed by atoms with van der Waals surface area (Å²) in [5, 5.41) is 10.2. The number of carbonyl (C=O) groups is 1. The van der Waals surface area contributed by atoms with E-state index in [-0.39, 0.29) is 5.92 Å². The number of carbonyl (C=O) groups excluding carboxylic acids is 1. The van der Waals surface area contributed by atoms with Crippen molar-refractivity contribution in [3.8, 4) is 11.8 Å². The highest BCUT2D eigenvalue weighted by molar-refractivity contribution is 5.84. The minimum absolute atomic E-state index is 0.175. The van der Waals surface area contributed by atoms with Crippen LogP contribution < -0.4 is 5.48 Å². The number of benzene rings is 3. The first-order valence-electron chi connectivity index (χ1n) is 12.6. The van der Waals surface area contributed by atoms with E-state index < -0.39 is 11.8 Å². The summed E-state index contributed by atoms with van der Waals surface area (Å²) in [4.78, 5) is 17.6. The van der Waals surface area contributed by atoms with Crippen LogP contribution in [0.1, 0.15) is 28.2 Å². The van der Waals surface area contributed by atoms with E-state index in [1.807, 2.05) is 30.3 Å². The number of aromatic amines is 1. The first-order chi connectivity index (χ1) is 18.2. The topological polar surface area (TPSA) is 77.6 Å². The number of para-hydroxylation sites is 1. The molecule has 6 heteroatoms. The molecule has 4 aromatic rings. The molecule has 0 saturated heterocycles. The summed E-state index contributed by atoms with van der Waals surface area (Å²) in [6, 6.07) is 26.9. The number of nitrogens with one attached hydrogen (secondary N) is 2. The molecular weight excluding hydrogens is 462 g/mol. The van der Waals surface area contributed by atoms with E-state index in [4.69, 9.17) is 9.94 Å². The zero-order valence-corrected chi connectivity index (χ0v) is 20.7. The van der Waals surface area contributed by atoms with Gasteiger partial charge in [0.1, 0.15) is 5.92 Å². The number of hydrogen-bond donors (Lipinski definition) is 3. The summed E-state index contributed by atoms with van der Waals surface area (Å²) >= 11 is 0. The maximum absolute atomic E-state index is 11.8. The number of rotatable bonds is 12. The average Bonchev–Trinajstić information content (AvgIpc) is 3.33. The van der Waals surface area contributed by atoms with Gasteiger partial charge in [-0.25, -0.2) is 5.48 Å². The average molecular weight is 494 g/mol. The monoisotopic (exact) mass is 493 g/mol. The van der Waals surface area contributed by atoms with E-state index in [0.29, 0.717) is 13.2 Å². The summed E-state index contributed by atoms with van der Waals surface area (Å²) < 4.78 is 5.99. The lowest BCUT2D eigenvalue weighted by molar-refractivity contribution is -0.132. The molecule has 0 bridgehead atoms. The van der Waals surface area contributed by atoms with Gasteiger partial charge < -0.3 is 9.72 Å². The van der Waals surface area contributed by atoms with Crippen molar-refractivity contribution in [3.63, 3.8) is 0 Å². The van der Waals surface area contributed by atoms with Gasteiger partial charge in [-0.3, -0.25) is 14.9 Å². The van der Waals surface area contributed by atoms with Gasteiger partial charge in [0, 0.05) is 36.7 Å². The lowest BCUT2D eigenvalue weighted by atomic mass is 9.79. The summed E-state index contributed by atoms with van der Waals surface area (Å²) in [6.07, 6.45) is 3.05. The highest BCUT2D eigenvalue weighted by atomic mass is 16.5. The molecule has 5 rings (SSSR count). The molecule has 0 fully saturated rings. The molecular formula is C31H31N3O3. The van der Waals surface area contributed by atoms with Crippen LogP contribution in [-0.4, -0.2) is 40.7 Å². The van der Waals surface area contributed by atoms with Crippen LogP contribution in [-0.2, 0) is 29.1 Å². The fourth-order valence-corrected chi connectivity index (χ4v) is 4.75. The molecule has 6 nitrogen and oxygen atoms in total. The smallest absolute Gasteiger partial charge is 0.260 e. The molecule has 2 atom stereocenters.